The summed E-state index contributed by atoms with van der Waals surface area (Å²) in [4.78, 5) is 13.6. The van der Waals surface area contributed by atoms with Gasteiger partial charge in [-0.2, -0.15) is 16.9 Å². The molecule has 0 aromatic carbocycles. The van der Waals surface area contributed by atoms with Gasteiger partial charge in [-0.1, -0.05) is 0 Å². The molecule has 0 amide bonds. The molecule has 0 fully saturated rings. The van der Waals surface area contributed by atoms with Crippen LogP contribution in [0.3, 0.4) is 0 Å². The highest BCUT2D eigenvalue weighted by Gasteiger charge is 2.03. The van der Waals surface area contributed by atoms with Crippen molar-refractivity contribution < 1.29 is 0 Å². The molecule has 0 aliphatic heterocycles. The van der Waals surface area contributed by atoms with Gasteiger partial charge in [0.05, 0.1) is 18.4 Å². The zero-order valence-corrected chi connectivity index (χ0v) is 10.5. The summed E-state index contributed by atoms with van der Waals surface area (Å²) in [6.45, 7) is 1.93. The number of anilines is 1. The summed E-state index contributed by atoms with van der Waals surface area (Å²) < 4.78 is 1.48. The number of likely N-dealkylation sites (N-methyl/N-ethyl adjacent to an activating group) is 1. The van der Waals surface area contributed by atoms with Gasteiger partial charge >= 0.3 is 0 Å². The van der Waals surface area contributed by atoms with Crippen LogP contribution < -0.4 is 16.2 Å². The van der Waals surface area contributed by atoms with Gasteiger partial charge in [0.25, 0.3) is 5.56 Å². The van der Waals surface area contributed by atoms with Crippen molar-refractivity contribution in [3.63, 3.8) is 0 Å². The summed E-state index contributed by atoms with van der Waals surface area (Å²) in [5.41, 5.74) is 6.21. The SMILES string of the molecule is CSCCn1ncc(N(C)CCN)cc1=O. The van der Waals surface area contributed by atoms with E-state index in [9.17, 15) is 4.79 Å². The van der Waals surface area contributed by atoms with Gasteiger partial charge in [-0.05, 0) is 6.26 Å². The summed E-state index contributed by atoms with van der Waals surface area (Å²) in [7, 11) is 1.90. The molecule has 1 rings (SSSR count). The van der Waals surface area contributed by atoms with Crippen LogP contribution in [-0.2, 0) is 6.54 Å². The molecular formula is C10H18N4OS. The zero-order valence-electron chi connectivity index (χ0n) is 9.72. The molecule has 0 aliphatic rings. The lowest BCUT2D eigenvalue weighted by atomic mass is 10.4. The number of hydrogen-bond acceptors (Lipinski definition) is 5. The summed E-state index contributed by atoms with van der Waals surface area (Å²) >= 11 is 1.70. The quantitative estimate of drug-likeness (QED) is 0.761. The Morgan fingerprint density at radius 3 is 2.94 bits per heavy atom. The van der Waals surface area contributed by atoms with Gasteiger partial charge in [0, 0.05) is 32.0 Å². The normalized spacial score (nSPS) is 10.4. The highest BCUT2D eigenvalue weighted by atomic mass is 32.2. The van der Waals surface area contributed by atoms with Crippen LogP contribution in [0, 0.1) is 0 Å². The van der Waals surface area contributed by atoms with Crippen molar-refractivity contribution in [1.29, 1.82) is 0 Å². The fourth-order valence-corrected chi connectivity index (χ4v) is 1.66. The average Bonchev–Trinajstić information content (AvgIpc) is 2.27. The third kappa shape index (κ3) is 3.53. The number of nitrogens with two attached hydrogens (primary N) is 1. The number of aromatic nitrogens is 2. The Balaban J connectivity index is 2.78. The maximum absolute atomic E-state index is 11.7. The Labute approximate surface area is 99.6 Å². The molecule has 16 heavy (non-hydrogen) atoms. The second kappa shape index (κ2) is 6.55. The Morgan fingerprint density at radius 1 is 1.62 bits per heavy atom. The molecule has 5 nitrogen and oxygen atoms in total. The van der Waals surface area contributed by atoms with Crippen LogP contribution in [0.2, 0.25) is 0 Å². The minimum atomic E-state index is -0.0598. The molecule has 1 aromatic rings. The van der Waals surface area contributed by atoms with Crippen LogP contribution in [0.15, 0.2) is 17.1 Å². The van der Waals surface area contributed by atoms with E-state index in [1.807, 2.05) is 18.2 Å². The molecule has 1 heterocycles. The Morgan fingerprint density at radius 2 is 2.38 bits per heavy atom. The predicted octanol–water partition coefficient (Wildman–Crippen LogP) is 0.00120. The molecule has 6 heteroatoms. The fraction of sp³-hybridized carbons (Fsp3) is 0.600. The third-order valence-electron chi connectivity index (χ3n) is 2.27. The summed E-state index contributed by atoms with van der Waals surface area (Å²) in [5, 5.41) is 4.13. The van der Waals surface area contributed by atoms with Crippen LogP contribution in [0.1, 0.15) is 0 Å². The van der Waals surface area contributed by atoms with Gasteiger partial charge < -0.3 is 10.6 Å². The van der Waals surface area contributed by atoms with E-state index in [0.29, 0.717) is 13.1 Å². The van der Waals surface area contributed by atoms with E-state index in [4.69, 9.17) is 5.73 Å². The van der Waals surface area contributed by atoms with Crippen molar-refractivity contribution in [2.75, 3.05) is 37.0 Å². The van der Waals surface area contributed by atoms with E-state index in [0.717, 1.165) is 18.0 Å². The van der Waals surface area contributed by atoms with Crippen LogP contribution in [0.4, 0.5) is 5.69 Å². The third-order valence-corrected chi connectivity index (χ3v) is 2.86. The molecule has 0 spiro atoms. The fourth-order valence-electron chi connectivity index (χ4n) is 1.30. The van der Waals surface area contributed by atoms with Crippen LogP contribution in [-0.4, -0.2) is 41.9 Å². The lowest BCUT2D eigenvalue weighted by molar-refractivity contribution is 0.620. The molecule has 0 saturated heterocycles. The second-order valence-corrected chi connectivity index (χ2v) is 4.46. The minimum Gasteiger partial charge on any atom is -0.372 e. The molecule has 90 valence electrons. The number of thioether (sulfide) groups is 1. The molecule has 0 radical (unpaired) electrons. The van der Waals surface area contributed by atoms with E-state index < -0.39 is 0 Å². The second-order valence-electron chi connectivity index (χ2n) is 3.48. The number of aryl methyl sites for hydroxylation is 1. The monoisotopic (exact) mass is 242 g/mol. The van der Waals surface area contributed by atoms with Gasteiger partial charge in [-0.15, -0.1) is 0 Å². The lowest BCUT2D eigenvalue weighted by Gasteiger charge is -2.17. The van der Waals surface area contributed by atoms with Gasteiger partial charge in [0.1, 0.15) is 0 Å². The van der Waals surface area contributed by atoms with Gasteiger partial charge in [0.15, 0.2) is 0 Å². The molecule has 1 aromatic heterocycles. The maximum Gasteiger partial charge on any atom is 0.268 e. The van der Waals surface area contributed by atoms with Gasteiger partial charge in [-0.3, -0.25) is 4.79 Å². The average molecular weight is 242 g/mol. The van der Waals surface area contributed by atoms with Crippen LogP contribution >= 0.6 is 11.8 Å². The molecule has 0 saturated carbocycles. The molecule has 0 bridgehead atoms. The zero-order chi connectivity index (χ0) is 12.0. The number of nitrogens with zero attached hydrogens (tertiary/aromatic N) is 3. The summed E-state index contributed by atoms with van der Waals surface area (Å²) in [6.07, 6.45) is 3.71. The molecule has 0 atom stereocenters. The number of hydrogen-bond donors (Lipinski definition) is 1. The van der Waals surface area contributed by atoms with Gasteiger partial charge in [0.2, 0.25) is 0 Å². The highest BCUT2D eigenvalue weighted by molar-refractivity contribution is 7.98. The van der Waals surface area contributed by atoms with Crippen molar-refractivity contribution in [2.45, 2.75) is 6.54 Å². The first-order valence-electron chi connectivity index (χ1n) is 5.16. The molecule has 0 unspecified atom stereocenters. The van der Waals surface area contributed by atoms with Crippen molar-refractivity contribution in [2.24, 2.45) is 5.73 Å². The smallest absolute Gasteiger partial charge is 0.268 e. The van der Waals surface area contributed by atoms with Gasteiger partial charge in [-0.25, -0.2) is 4.68 Å². The van der Waals surface area contributed by atoms with Crippen LogP contribution in [0.25, 0.3) is 0 Å². The van der Waals surface area contributed by atoms with Crippen LogP contribution in [0.5, 0.6) is 0 Å². The molecular weight excluding hydrogens is 224 g/mol. The first kappa shape index (κ1) is 13.1. The van der Waals surface area contributed by atoms with Crippen molar-refractivity contribution in [1.82, 2.24) is 9.78 Å². The first-order valence-corrected chi connectivity index (χ1v) is 6.55. The Kier molecular flexibility index (Phi) is 5.34. The van der Waals surface area contributed by atoms with Crippen molar-refractivity contribution in [3.8, 4) is 0 Å². The van der Waals surface area contributed by atoms with E-state index in [1.54, 1.807) is 24.0 Å². The molecule has 0 aliphatic carbocycles. The van der Waals surface area contributed by atoms with E-state index in [2.05, 4.69) is 5.10 Å². The van der Waals surface area contributed by atoms with E-state index in [-0.39, 0.29) is 5.56 Å². The summed E-state index contributed by atoms with van der Waals surface area (Å²) in [6, 6.07) is 1.60. The maximum atomic E-state index is 11.7. The lowest BCUT2D eigenvalue weighted by Crippen LogP contribution is -2.29. The van der Waals surface area contributed by atoms with Crippen molar-refractivity contribution >= 4 is 17.4 Å². The number of rotatable bonds is 6. The largest absolute Gasteiger partial charge is 0.372 e. The van der Waals surface area contributed by atoms with Crippen molar-refractivity contribution in [3.05, 3.63) is 22.6 Å². The topological polar surface area (TPSA) is 64.2 Å². The highest BCUT2D eigenvalue weighted by Crippen LogP contribution is 2.05. The predicted molar refractivity (Wildman–Crippen MR) is 69.2 cm³/mol. The van der Waals surface area contributed by atoms with E-state index >= 15 is 0 Å². The standard InChI is InChI=1S/C10H18N4OS/c1-13(4-3-11)9-7-10(15)14(12-8-9)5-6-16-2/h7-8H,3-6,11H2,1-2H3. The first-order chi connectivity index (χ1) is 7.69. The Hall–Kier alpha value is -1.01. The summed E-state index contributed by atoms with van der Waals surface area (Å²) in [5.74, 6) is 0.894. The molecule has 2 N–H and O–H groups in total. The van der Waals surface area contributed by atoms with E-state index in [1.165, 1.54) is 4.68 Å². The minimum absolute atomic E-state index is 0.0598. The Bertz CT molecular complexity index is 379.